The zero-order valence-corrected chi connectivity index (χ0v) is 15.2. The molecule has 1 heterocycles. The van der Waals surface area contributed by atoms with E-state index in [4.69, 9.17) is 0 Å². The molecule has 0 unspecified atom stereocenters. The summed E-state index contributed by atoms with van der Waals surface area (Å²) >= 11 is 1.56. The van der Waals surface area contributed by atoms with Gasteiger partial charge in [-0.05, 0) is 50.8 Å². The molecule has 1 amide bonds. The van der Waals surface area contributed by atoms with Gasteiger partial charge in [0.05, 0.1) is 10.2 Å². The second-order valence-electron chi connectivity index (χ2n) is 5.67. The van der Waals surface area contributed by atoms with Crippen molar-refractivity contribution in [3.8, 4) is 0 Å². The minimum atomic E-state index is 0.0593. The van der Waals surface area contributed by atoms with Crippen LogP contribution >= 0.6 is 11.3 Å². The first-order valence-corrected chi connectivity index (χ1v) is 8.77. The molecular weight excluding hydrogens is 308 g/mol. The van der Waals surface area contributed by atoms with Gasteiger partial charge in [-0.3, -0.25) is 10.2 Å². The Balaban J connectivity index is 2.35. The van der Waals surface area contributed by atoms with Crippen LogP contribution in [0.1, 0.15) is 51.2 Å². The number of carbonyl (C=O) groups is 1. The van der Waals surface area contributed by atoms with Crippen LogP contribution in [0.5, 0.6) is 0 Å². The number of carbonyl (C=O) groups excluding carboxylic acids is 1. The maximum atomic E-state index is 11.9. The number of rotatable bonds is 6. The number of aryl methyl sites for hydroxylation is 2. The van der Waals surface area contributed by atoms with Gasteiger partial charge in [-0.2, -0.15) is 5.10 Å². The molecule has 2 N–H and O–H groups in total. The quantitative estimate of drug-likeness (QED) is 0.587. The zero-order valence-electron chi connectivity index (χ0n) is 14.4. The van der Waals surface area contributed by atoms with E-state index in [1.165, 1.54) is 0 Å². The fourth-order valence-electron chi connectivity index (χ4n) is 2.28. The van der Waals surface area contributed by atoms with Gasteiger partial charge in [0.1, 0.15) is 0 Å². The van der Waals surface area contributed by atoms with Crippen molar-refractivity contribution in [3.05, 3.63) is 17.2 Å². The van der Waals surface area contributed by atoms with E-state index in [0.717, 1.165) is 50.7 Å². The van der Waals surface area contributed by atoms with Crippen molar-refractivity contribution < 1.29 is 4.79 Å². The highest BCUT2D eigenvalue weighted by molar-refractivity contribution is 7.22. The minimum absolute atomic E-state index is 0.0593. The first-order chi connectivity index (χ1) is 11.0. The van der Waals surface area contributed by atoms with Crippen LogP contribution in [0.15, 0.2) is 11.2 Å². The number of thiazole rings is 1. The topological polar surface area (TPSA) is 66.4 Å². The smallest absolute Gasteiger partial charge is 0.224 e. The average Bonchev–Trinajstić information content (AvgIpc) is 2.92. The van der Waals surface area contributed by atoms with E-state index >= 15 is 0 Å². The molecule has 0 aliphatic rings. The van der Waals surface area contributed by atoms with Crippen LogP contribution in [0.4, 0.5) is 10.8 Å². The predicted molar refractivity (Wildman–Crippen MR) is 99.7 cm³/mol. The summed E-state index contributed by atoms with van der Waals surface area (Å²) in [6.45, 7) is 10.1. The minimum Gasteiger partial charge on any atom is -0.326 e. The van der Waals surface area contributed by atoms with Crippen LogP contribution in [-0.2, 0) is 4.79 Å². The van der Waals surface area contributed by atoms with Gasteiger partial charge in [0.15, 0.2) is 0 Å². The summed E-state index contributed by atoms with van der Waals surface area (Å²) in [7, 11) is 0. The van der Waals surface area contributed by atoms with E-state index in [0.29, 0.717) is 6.42 Å². The molecule has 1 aromatic heterocycles. The monoisotopic (exact) mass is 332 g/mol. The number of hydrazone groups is 1. The molecular formula is C17H24N4OS. The van der Waals surface area contributed by atoms with Gasteiger partial charge < -0.3 is 5.32 Å². The second-order valence-corrected chi connectivity index (χ2v) is 6.67. The van der Waals surface area contributed by atoms with Gasteiger partial charge in [-0.1, -0.05) is 25.2 Å². The number of benzene rings is 1. The van der Waals surface area contributed by atoms with Crippen molar-refractivity contribution in [2.75, 3.05) is 10.7 Å². The van der Waals surface area contributed by atoms with Gasteiger partial charge in [0, 0.05) is 17.8 Å². The Morgan fingerprint density at radius 1 is 1.35 bits per heavy atom. The molecule has 0 aliphatic heterocycles. The Kier molecular flexibility index (Phi) is 5.71. The first kappa shape index (κ1) is 17.4. The van der Waals surface area contributed by atoms with Gasteiger partial charge in [0.25, 0.3) is 0 Å². The van der Waals surface area contributed by atoms with Crippen LogP contribution < -0.4 is 10.7 Å². The van der Waals surface area contributed by atoms with Crippen LogP contribution in [0.25, 0.3) is 10.2 Å². The van der Waals surface area contributed by atoms with Crippen LogP contribution in [-0.4, -0.2) is 16.6 Å². The van der Waals surface area contributed by atoms with E-state index in [-0.39, 0.29) is 5.91 Å². The molecule has 0 saturated heterocycles. The molecule has 5 nitrogen and oxygen atoms in total. The molecule has 6 heteroatoms. The Morgan fingerprint density at radius 3 is 2.74 bits per heavy atom. The lowest BCUT2D eigenvalue weighted by atomic mass is 10.1. The second kappa shape index (κ2) is 7.55. The number of hydrogen-bond donors (Lipinski definition) is 2. The molecule has 0 saturated carbocycles. The maximum Gasteiger partial charge on any atom is 0.224 e. The lowest BCUT2D eigenvalue weighted by molar-refractivity contribution is -0.116. The number of anilines is 2. The van der Waals surface area contributed by atoms with Crippen molar-refractivity contribution in [1.29, 1.82) is 0 Å². The van der Waals surface area contributed by atoms with Crippen molar-refractivity contribution in [2.45, 2.75) is 53.9 Å². The third-order valence-corrected chi connectivity index (χ3v) is 4.81. The maximum absolute atomic E-state index is 11.9. The molecule has 2 aromatic rings. The van der Waals surface area contributed by atoms with Crippen LogP contribution in [0.3, 0.4) is 0 Å². The molecule has 0 bridgehead atoms. The third-order valence-electron chi connectivity index (χ3n) is 3.71. The van der Waals surface area contributed by atoms with Gasteiger partial charge in [0.2, 0.25) is 11.0 Å². The zero-order chi connectivity index (χ0) is 17.0. The van der Waals surface area contributed by atoms with E-state index in [9.17, 15) is 4.79 Å². The SMILES string of the molecule is CCCC(=O)Nc1c(C)cc2nc(N/N=C(/C)CC)sc2c1C. The summed E-state index contributed by atoms with van der Waals surface area (Å²) < 4.78 is 1.08. The van der Waals surface area contributed by atoms with Crippen molar-refractivity contribution in [3.63, 3.8) is 0 Å². The summed E-state index contributed by atoms with van der Waals surface area (Å²) in [5.74, 6) is 0.0593. The Morgan fingerprint density at radius 2 is 2.09 bits per heavy atom. The number of amides is 1. The molecule has 0 atom stereocenters. The normalized spacial score (nSPS) is 11.8. The largest absolute Gasteiger partial charge is 0.326 e. The highest BCUT2D eigenvalue weighted by atomic mass is 32.1. The summed E-state index contributed by atoms with van der Waals surface area (Å²) in [5, 5.41) is 8.10. The molecule has 0 radical (unpaired) electrons. The number of aromatic nitrogens is 1. The fraction of sp³-hybridized carbons (Fsp3) is 0.471. The highest BCUT2D eigenvalue weighted by Crippen LogP contribution is 2.35. The third kappa shape index (κ3) is 4.07. The van der Waals surface area contributed by atoms with Crippen molar-refractivity contribution in [1.82, 2.24) is 4.98 Å². The van der Waals surface area contributed by atoms with E-state index < -0.39 is 0 Å². The van der Waals surface area contributed by atoms with E-state index in [1.54, 1.807) is 11.3 Å². The molecule has 124 valence electrons. The van der Waals surface area contributed by atoms with Gasteiger partial charge in [-0.25, -0.2) is 4.98 Å². The van der Waals surface area contributed by atoms with E-state index in [1.807, 2.05) is 33.8 Å². The highest BCUT2D eigenvalue weighted by Gasteiger charge is 2.14. The Hall–Kier alpha value is -1.95. The molecule has 0 fully saturated rings. The van der Waals surface area contributed by atoms with Gasteiger partial charge in [-0.15, -0.1) is 0 Å². The number of nitrogens with one attached hydrogen (secondary N) is 2. The first-order valence-electron chi connectivity index (χ1n) is 7.96. The number of fused-ring (bicyclic) bond motifs is 1. The number of hydrogen-bond acceptors (Lipinski definition) is 5. The average molecular weight is 332 g/mol. The predicted octanol–water partition coefficient (Wildman–Crippen LogP) is 4.85. The van der Waals surface area contributed by atoms with E-state index in [2.05, 4.69) is 27.8 Å². The Labute approximate surface area is 141 Å². The molecule has 23 heavy (non-hydrogen) atoms. The fourth-order valence-corrected chi connectivity index (χ4v) is 3.17. The standard InChI is InChI=1S/C17H24N4OS/c1-6-8-14(22)19-15-10(3)9-13-16(12(15)5)23-17(18-13)21-20-11(4)7-2/h9H,6-8H2,1-5H3,(H,18,21)(H,19,22)/b20-11-. The molecule has 1 aromatic carbocycles. The molecule has 0 spiro atoms. The summed E-state index contributed by atoms with van der Waals surface area (Å²) in [4.78, 5) is 16.5. The number of nitrogens with zero attached hydrogens (tertiary/aromatic N) is 2. The summed E-state index contributed by atoms with van der Waals surface area (Å²) in [6, 6.07) is 2.02. The van der Waals surface area contributed by atoms with Crippen LogP contribution in [0.2, 0.25) is 0 Å². The summed E-state index contributed by atoms with van der Waals surface area (Å²) in [6.07, 6.45) is 2.29. The lowest BCUT2D eigenvalue weighted by Gasteiger charge is -2.11. The molecule has 2 rings (SSSR count). The van der Waals surface area contributed by atoms with Crippen molar-refractivity contribution >= 4 is 44.0 Å². The van der Waals surface area contributed by atoms with Gasteiger partial charge >= 0.3 is 0 Å². The Bertz CT molecular complexity index is 749. The lowest BCUT2D eigenvalue weighted by Crippen LogP contribution is -2.12. The molecule has 0 aliphatic carbocycles. The van der Waals surface area contributed by atoms with Crippen LogP contribution in [0, 0.1) is 13.8 Å². The summed E-state index contributed by atoms with van der Waals surface area (Å²) in [5.41, 5.74) is 7.98. The van der Waals surface area contributed by atoms with Crippen molar-refractivity contribution in [2.24, 2.45) is 5.10 Å².